The van der Waals surface area contributed by atoms with Gasteiger partial charge in [0.1, 0.15) is 11.6 Å². The molecule has 0 atom stereocenters. The standard InChI is InChI=1S/C15H19N3OS/c1-11-5-3-6-13(9-11)19-7-4-8-20-15-17-12(2)10-14(16)18-15/h3,5-6,9-10H,4,7-8H2,1-2H3,(H2,16,17,18). The first-order valence-corrected chi connectivity index (χ1v) is 7.55. The van der Waals surface area contributed by atoms with Crippen molar-refractivity contribution in [3.05, 3.63) is 41.6 Å². The van der Waals surface area contributed by atoms with Crippen molar-refractivity contribution in [3.8, 4) is 5.75 Å². The highest BCUT2D eigenvalue weighted by Gasteiger charge is 2.01. The van der Waals surface area contributed by atoms with Crippen molar-refractivity contribution >= 4 is 17.6 Å². The lowest BCUT2D eigenvalue weighted by molar-refractivity contribution is 0.318. The van der Waals surface area contributed by atoms with Crippen LogP contribution in [0.5, 0.6) is 5.75 Å². The SMILES string of the molecule is Cc1cccc(OCCCSc2nc(C)cc(N)n2)c1. The van der Waals surface area contributed by atoms with Crippen LogP contribution in [-0.4, -0.2) is 22.3 Å². The Kier molecular flexibility index (Phi) is 5.24. The molecule has 0 aliphatic carbocycles. The summed E-state index contributed by atoms with van der Waals surface area (Å²) in [5.41, 5.74) is 7.80. The van der Waals surface area contributed by atoms with Crippen LogP contribution in [0.2, 0.25) is 0 Å². The maximum absolute atomic E-state index is 5.69. The second-order valence-corrected chi connectivity index (χ2v) is 5.65. The van der Waals surface area contributed by atoms with Crippen molar-refractivity contribution in [1.82, 2.24) is 9.97 Å². The smallest absolute Gasteiger partial charge is 0.189 e. The number of aryl methyl sites for hydroxylation is 2. The fourth-order valence-corrected chi connectivity index (χ4v) is 2.57. The van der Waals surface area contributed by atoms with Crippen molar-refractivity contribution in [3.63, 3.8) is 0 Å². The lowest BCUT2D eigenvalue weighted by atomic mass is 10.2. The van der Waals surface area contributed by atoms with E-state index in [1.807, 2.05) is 25.1 Å². The Balaban J connectivity index is 1.71. The lowest BCUT2D eigenvalue weighted by Crippen LogP contribution is -2.00. The summed E-state index contributed by atoms with van der Waals surface area (Å²) in [6, 6.07) is 9.85. The van der Waals surface area contributed by atoms with Gasteiger partial charge in [0.25, 0.3) is 0 Å². The first-order chi connectivity index (χ1) is 9.63. The molecule has 0 radical (unpaired) electrons. The number of hydrogen-bond donors (Lipinski definition) is 1. The quantitative estimate of drug-likeness (QED) is 0.502. The van der Waals surface area contributed by atoms with E-state index in [-0.39, 0.29) is 0 Å². The summed E-state index contributed by atoms with van der Waals surface area (Å²) >= 11 is 1.60. The molecule has 20 heavy (non-hydrogen) atoms. The van der Waals surface area contributed by atoms with E-state index in [1.54, 1.807) is 17.8 Å². The molecule has 1 aromatic heterocycles. The maximum atomic E-state index is 5.69. The summed E-state index contributed by atoms with van der Waals surface area (Å²) in [5.74, 6) is 2.36. The number of nitrogens with two attached hydrogens (primary N) is 1. The molecule has 0 fully saturated rings. The minimum Gasteiger partial charge on any atom is -0.494 e. The summed E-state index contributed by atoms with van der Waals surface area (Å²) in [6.45, 7) is 4.67. The highest BCUT2D eigenvalue weighted by atomic mass is 32.2. The van der Waals surface area contributed by atoms with E-state index in [9.17, 15) is 0 Å². The van der Waals surface area contributed by atoms with Gasteiger partial charge in [-0.15, -0.1) is 0 Å². The summed E-state index contributed by atoms with van der Waals surface area (Å²) < 4.78 is 5.69. The van der Waals surface area contributed by atoms with Crippen LogP contribution in [0.4, 0.5) is 5.82 Å². The Morgan fingerprint density at radius 1 is 1.20 bits per heavy atom. The number of anilines is 1. The molecule has 0 amide bonds. The van der Waals surface area contributed by atoms with Gasteiger partial charge in [0, 0.05) is 17.5 Å². The second-order valence-electron chi connectivity index (χ2n) is 4.58. The number of benzene rings is 1. The van der Waals surface area contributed by atoms with Crippen molar-refractivity contribution in [2.75, 3.05) is 18.1 Å². The number of aromatic nitrogens is 2. The number of rotatable bonds is 6. The zero-order valence-corrected chi connectivity index (χ0v) is 12.6. The summed E-state index contributed by atoms with van der Waals surface area (Å²) in [6.07, 6.45) is 0.940. The lowest BCUT2D eigenvalue weighted by Gasteiger charge is -2.06. The zero-order chi connectivity index (χ0) is 14.4. The highest BCUT2D eigenvalue weighted by molar-refractivity contribution is 7.99. The van der Waals surface area contributed by atoms with Gasteiger partial charge in [0.05, 0.1) is 6.61 Å². The van der Waals surface area contributed by atoms with Gasteiger partial charge in [0.2, 0.25) is 0 Å². The largest absolute Gasteiger partial charge is 0.494 e. The van der Waals surface area contributed by atoms with Crippen LogP contribution in [-0.2, 0) is 0 Å². The Morgan fingerprint density at radius 2 is 2.05 bits per heavy atom. The molecule has 0 aliphatic rings. The molecule has 2 rings (SSSR count). The molecule has 0 aliphatic heterocycles. The average Bonchev–Trinajstić information content (AvgIpc) is 2.37. The van der Waals surface area contributed by atoms with Gasteiger partial charge in [-0.2, -0.15) is 0 Å². The van der Waals surface area contributed by atoms with Gasteiger partial charge in [-0.1, -0.05) is 23.9 Å². The van der Waals surface area contributed by atoms with Gasteiger partial charge in [-0.05, 0) is 38.0 Å². The molecule has 2 aromatic rings. The van der Waals surface area contributed by atoms with Crippen LogP contribution in [0, 0.1) is 13.8 Å². The van der Waals surface area contributed by atoms with Crippen LogP contribution in [0.1, 0.15) is 17.7 Å². The van der Waals surface area contributed by atoms with Crippen LogP contribution < -0.4 is 10.5 Å². The van der Waals surface area contributed by atoms with Crippen LogP contribution in [0.3, 0.4) is 0 Å². The van der Waals surface area contributed by atoms with Crippen molar-refractivity contribution in [2.24, 2.45) is 0 Å². The van der Waals surface area contributed by atoms with E-state index >= 15 is 0 Å². The third-order valence-electron chi connectivity index (χ3n) is 2.63. The highest BCUT2D eigenvalue weighted by Crippen LogP contribution is 2.17. The van der Waals surface area contributed by atoms with Gasteiger partial charge in [-0.25, -0.2) is 9.97 Å². The Hall–Kier alpha value is -1.75. The molecule has 1 heterocycles. The van der Waals surface area contributed by atoms with Gasteiger partial charge in [0.15, 0.2) is 5.16 Å². The molecule has 0 spiro atoms. The molecule has 0 saturated heterocycles. The third-order valence-corrected chi connectivity index (χ3v) is 3.57. The van der Waals surface area contributed by atoms with E-state index in [1.165, 1.54) is 5.56 Å². The van der Waals surface area contributed by atoms with E-state index in [2.05, 4.69) is 23.0 Å². The predicted octanol–water partition coefficient (Wildman–Crippen LogP) is 3.24. The molecule has 106 valence electrons. The molecular formula is C15H19N3OS. The van der Waals surface area contributed by atoms with Crippen LogP contribution >= 0.6 is 11.8 Å². The molecule has 5 heteroatoms. The van der Waals surface area contributed by atoms with Gasteiger partial charge >= 0.3 is 0 Å². The van der Waals surface area contributed by atoms with Crippen LogP contribution in [0.15, 0.2) is 35.5 Å². The van der Waals surface area contributed by atoms with E-state index in [0.29, 0.717) is 12.4 Å². The van der Waals surface area contributed by atoms with E-state index < -0.39 is 0 Å². The third kappa shape index (κ3) is 4.74. The Morgan fingerprint density at radius 3 is 2.80 bits per heavy atom. The summed E-state index contributed by atoms with van der Waals surface area (Å²) in [5, 5.41) is 0.734. The minimum atomic E-state index is 0.524. The topological polar surface area (TPSA) is 61.0 Å². The molecule has 0 bridgehead atoms. The van der Waals surface area contributed by atoms with Crippen molar-refractivity contribution < 1.29 is 4.74 Å². The number of thioether (sulfide) groups is 1. The first kappa shape index (κ1) is 14.7. The maximum Gasteiger partial charge on any atom is 0.189 e. The van der Waals surface area contributed by atoms with Gasteiger partial charge in [-0.3, -0.25) is 0 Å². The number of ether oxygens (including phenoxy) is 1. The molecule has 0 saturated carbocycles. The Bertz CT molecular complexity index is 555. The fourth-order valence-electron chi connectivity index (χ4n) is 1.75. The number of nitrogen functional groups attached to an aromatic ring is 1. The van der Waals surface area contributed by atoms with Crippen LogP contribution in [0.25, 0.3) is 0 Å². The minimum absolute atomic E-state index is 0.524. The summed E-state index contributed by atoms with van der Waals surface area (Å²) in [7, 11) is 0. The molecule has 2 N–H and O–H groups in total. The van der Waals surface area contributed by atoms with E-state index in [4.69, 9.17) is 10.5 Å². The van der Waals surface area contributed by atoms with E-state index in [0.717, 1.165) is 28.8 Å². The first-order valence-electron chi connectivity index (χ1n) is 6.57. The molecular weight excluding hydrogens is 270 g/mol. The zero-order valence-electron chi connectivity index (χ0n) is 11.8. The molecule has 0 unspecified atom stereocenters. The number of hydrogen-bond acceptors (Lipinski definition) is 5. The Labute approximate surface area is 123 Å². The fraction of sp³-hybridized carbons (Fsp3) is 0.333. The monoisotopic (exact) mass is 289 g/mol. The van der Waals surface area contributed by atoms with Crippen molar-refractivity contribution in [2.45, 2.75) is 25.4 Å². The normalized spacial score (nSPS) is 10.5. The molecule has 1 aromatic carbocycles. The van der Waals surface area contributed by atoms with Gasteiger partial charge < -0.3 is 10.5 Å². The second kappa shape index (κ2) is 7.14. The number of nitrogens with zero attached hydrogens (tertiary/aromatic N) is 2. The van der Waals surface area contributed by atoms with Crippen molar-refractivity contribution in [1.29, 1.82) is 0 Å². The predicted molar refractivity (Wildman–Crippen MR) is 83.2 cm³/mol. The molecule has 4 nitrogen and oxygen atoms in total. The summed E-state index contributed by atoms with van der Waals surface area (Å²) in [4.78, 5) is 8.52. The average molecular weight is 289 g/mol.